The molecule has 66 heavy (non-hydrogen) atoms. The molecular formula is C45H67N9O12. The van der Waals surface area contributed by atoms with Gasteiger partial charge >= 0.3 is 5.97 Å². The summed E-state index contributed by atoms with van der Waals surface area (Å²) in [5, 5.41) is 47.0. The summed E-state index contributed by atoms with van der Waals surface area (Å²) in [6, 6.07) is 5.36. The van der Waals surface area contributed by atoms with Crippen molar-refractivity contribution in [1.29, 1.82) is 0 Å². The highest BCUT2D eigenvalue weighted by atomic mass is 16.4. The van der Waals surface area contributed by atoms with Crippen molar-refractivity contribution in [3.8, 4) is 5.75 Å². The van der Waals surface area contributed by atoms with Crippen LogP contribution in [-0.2, 0) is 56.0 Å². The van der Waals surface area contributed by atoms with Gasteiger partial charge in [0.25, 0.3) is 0 Å². The number of nitrogens with one attached hydrogen (secondary N) is 7. The summed E-state index contributed by atoms with van der Waals surface area (Å²) < 4.78 is 0. The standard InChI is InChI=1S/C45H67N9O12/c1-24(2)18-31(51-42(62)34(53-44(64)38(47)26(5)6)21-28-12-14-29(56)15-13-28)39(59)48-22-37(58)49-33(20-27-10-8-7-9-11-27)41(61)54-35(23-55)43(63)52-32(19-25(3)4)40(60)50-30(45(65)66)16-17-36(46)57/h7-15,24-26,30-35,38,55-56H,16-23,47H2,1-6H3,(H2,46,57)(H,48,59)(H,49,58)(H,50,60)(H,51,62)(H,52,63)(H,53,64)(H,54,61)(H,65,66)/t30-,31-,32-,33-,34-,35-,38-/m0/s1. The minimum absolute atomic E-state index is 0.00222. The summed E-state index contributed by atoms with van der Waals surface area (Å²) in [6.45, 7) is 8.98. The molecule has 0 aliphatic carbocycles. The van der Waals surface area contributed by atoms with E-state index in [1.807, 2.05) is 13.8 Å². The van der Waals surface area contributed by atoms with Crippen LogP contribution in [0.5, 0.6) is 5.75 Å². The fourth-order valence-electron chi connectivity index (χ4n) is 6.48. The van der Waals surface area contributed by atoms with Gasteiger partial charge in [0.2, 0.25) is 47.3 Å². The quantitative estimate of drug-likeness (QED) is 0.0469. The first-order valence-corrected chi connectivity index (χ1v) is 21.8. The molecule has 7 atom stereocenters. The Balaban J connectivity index is 2.25. The normalized spacial score (nSPS) is 14.3. The molecule has 0 aliphatic heterocycles. The van der Waals surface area contributed by atoms with E-state index >= 15 is 0 Å². The number of aromatic hydroxyl groups is 1. The second kappa shape index (κ2) is 27.7. The molecule has 8 amide bonds. The zero-order valence-corrected chi connectivity index (χ0v) is 38.3. The van der Waals surface area contributed by atoms with Crippen LogP contribution in [0.15, 0.2) is 54.6 Å². The van der Waals surface area contributed by atoms with Crippen LogP contribution in [0.1, 0.15) is 78.4 Å². The van der Waals surface area contributed by atoms with Crippen molar-refractivity contribution in [2.75, 3.05) is 13.2 Å². The molecule has 0 fully saturated rings. The predicted octanol–water partition coefficient (Wildman–Crippen LogP) is -1.38. The van der Waals surface area contributed by atoms with E-state index in [0.29, 0.717) is 11.1 Å². The van der Waals surface area contributed by atoms with Gasteiger partial charge in [0.15, 0.2) is 0 Å². The topological polar surface area (TPSA) is 351 Å². The highest BCUT2D eigenvalue weighted by Gasteiger charge is 2.33. The zero-order chi connectivity index (χ0) is 49.7. The Morgan fingerprint density at radius 2 is 1.00 bits per heavy atom. The van der Waals surface area contributed by atoms with Crippen LogP contribution in [0.3, 0.4) is 0 Å². The number of phenols is 1. The SMILES string of the molecule is CC(C)C[C@H](NC(=O)[C@H](Cc1ccc(O)cc1)NC(=O)[C@@H](N)C(C)C)C(=O)NCC(=O)N[C@@H](Cc1ccccc1)C(=O)N[C@@H](CO)C(=O)N[C@@H](CC(C)C)C(=O)N[C@@H](CCC(N)=O)C(=O)O. The van der Waals surface area contributed by atoms with Gasteiger partial charge in [0.05, 0.1) is 19.2 Å². The number of carbonyl (C=O) groups is 9. The van der Waals surface area contributed by atoms with E-state index in [-0.39, 0.29) is 62.0 Å². The Kier molecular flexibility index (Phi) is 23.3. The fourth-order valence-corrected chi connectivity index (χ4v) is 6.48. The summed E-state index contributed by atoms with van der Waals surface area (Å²) in [5.74, 6) is -8.49. The molecule has 14 N–H and O–H groups in total. The maximum Gasteiger partial charge on any atom is 0.326 e. The number of nitrogens with two attached hydrogens (primary N) is 2. The highest BCUT2D eigenvalue weighted by molar-refractivity contribution is 5.97. The van der Waals surface area contributed by atoms with Crippen molar-refractivity contribution in [3.63, 3.8) is 0 Å². The molecule has 2 aromatic rings. The van der Waals surface area contributed by atoms with Crippen molar-refractivity contribution < 1.29 is 58.5 Å². The Labute approximate surface area is 384 Å². The molecule has 0 heterocycles. The van der Waals surface area contributed by atoms with Gasteiger partial charge < -0.3 is 64.0 Å². The first kappa shape index (κ1) is 55.5. The molecule has 0 unspecified atom stereocenters. The van der Waals surface area contributed by atoms with Crippen LogP contribution in [0, 0.1) is 17.8 Å². The number of phenolic OH excluding ortho intramolecular Hbond substituents is 1. The van der Waals surface area contributed by atoms with E-state index in [0.717, 1.165) is 0 Å². The lowest BCUT2D eigenvalue weighted by Gasteiger charge is -2.26. The second-order valence-corrected chi connectivity index (χ2v) is 17.3. The minimum atomic E-state index is -1.65. The lowest BCUT2D eigenvalue weighted by atomic mass is 10.00. The monoisotopic (exact) mass is 925 g/mol. The van der Waals surface area contributed by atoms with E-state index in [1.54, 1.807) is 70.2 Å². The first-order chi connectivity index (χ1) is 31.0. The first-order valence-electron chi connectivity index (χ1n) is 21.8. The van der Waals surface area contributed by atoms with E-state index in [1.165, 1.54) is 12.1 Å². The van der Waals surface area contributed by atoms with Gasteiger partial charge in [-0.2, -0.15) is 0 Å². The maximum atomic E-state index is 13.8. The average Bonchev–Trinajstić information content (AvgIpc) is 3.25. The Bertz CT molecular complexity index is 1960. The average molecular weight is 926 g/mol. The van der Waals surface area contributed by atoms with Gasteiger partial charge in [-0.05, 0) is 60.3 Å². The fraction of sp³-hybridized carbons (Fsp3) is 0.533. The number of carboxylic acids is 1. The van der Waals surface area contributed by atoms with Crippen molar-refractivity contribution in [3.05, 3.63) is 65.7 Å². The molecule has 0 saturated heterocycles. The van der Waals surface area contributed by atoms with Crippen molar-refractivity contribution in [2.24, 2.45) is 29.2 Å². The number of aliphatic hydroxyl groups is 1. The second-order valence-electron chi connectivity index (χ2n) is 17.3. The number of hydrogen-bond donors (Lipinski definition) is 12. The molecular weight excluding hydrogens is 859 g/mol. The van der Waals surface area contributed by atoms with Gasteiger partial charge in [-0.15, -0.1) is 0 Å². The largest absolute Gasteiger partial charge is 0.508 e. The van der Waals surface area contributed by atoms with Crippen molar-refractivity contribution in [2.45, 2.75) is 122 Å². The Morgan fingerprint density at radius 3 is 1.48 bits per heavy atom. The molecule has 21 heteroatoms. The molecule has 0 saturated carbocycles. The molecule has 21 nitrogen and oxygen atoms in total. The molecule has 0 spiro atoms. The molecule has 2 rings (SSSR count). The summed E-state index contributed by atoms with van der Waals surface area (Å²) >= 11 is 0. The van der Waals surface area contributed by atoms with Crippen LogP contribution in [0.2, 0.25) is 0 Å². The van der Waals surface area contributed by atoms with Crippen LogP contribution in [0.4, 0.5) is 0 Å². The van der Waals surface area contributed by atoms with E-state index in [9.17, 15) is 58.5 Å². The molecule has 0 radical (unpaired) electrons. The minimum Gasteiger partial charge on any atom is -0.508 e. The summed E-state index contributed by atoms with van der Waals surface area (Å²) in [6.07, 6.45) is -0.597. The van der Waals surface area contributed by atoms with Gasteiger partial charge in [-0.25, -0.2) is 4.79 Å². The van der Waals surface area contributed by atoms with Gasteiger partial charge in [0, 0.05) is 19.3 Å². The number of aliphatic carboxylic acids is 1. The van der Waals surface area contributed by atoms with Crippen LogP contribution in [-0.4, -0.2) is 124 Å². The molecule has 0 bridgehead atoms. The smallest absolute Gasteiger partial charge is 0.326 e. The summed E-state index contributed by atoms with van der Waals surface area (Å²) in [5.41, 5.74) is 12.4. The van der Waals surface area contributed by atoms with Crippen LogP contribution < -0.4 is 48.7 Å². The number of aliphatic hydroxyl groups excluding tert-OH is 1. The van der Waals surface area contributed by atoms with Crippen LogP contribution in [0.25, 0.3) is 0 Å². The van der Waals surface area contributed by atoms with Gasteiger partial charge in [-0.1, -0.05) is 84.0 Å². The van der Waals surface area contributed by atoms with Gasteiger partial charge in [-0.3, -0.25) is 38.4 Å². The van der Waals surface area contributed by atoms with Crippen LogP contribution >= 0.6 is 0 Å². The number of hydrogen-bond acceptors (Lipinski definition) is 12. The number of rotatable bonds is 28. The lowest BCUT2D eigenvalue weighted by molar-refractivity contribution is -0.142. The molecule has 0 aromatic heterocycles. The maximum absolute atomic E-state index is 13.8. The summed E-state index contributed by atoms with van der Waals surface area (Å²) in [4.78, 5) is 117. The van der Waals surface area contributed by atoms with Crippen molar-refractivity contribution in [1.82, 2.24) is 37.2 Å². The third-order valence-electron chi connectivity index (χ3n) is 10.2. The van der Waals surface area contributed by atoms with E-state index in [4.69, 9.17) is 11.5 Å². The third kappa shape index (κ3) is 20.1. The lowest BCUT2D eigenvalue weighted by Crippen LogP contribution is -2.59. The number of carboxylic acid groups (broad SMARTS) is 1. The molecule has 364 valence electrons. The van der Waals surface area contributed by atoms with E-state index in [2.05, 4.69) is 37.2 Å². The molecule has 0 aliphatic rings. The number of primary amides is 1. The Morgan fingerprint density at radius 1 is 0.561 bits per heavy atom. The predicted molar refractivity (Wildman–Crippen MR) is 241 cm³/mol. The molecule has 2 aromatic carbocycles. The Hall–Kier alpha value is -6.61. The highest BCUT2D eigenvalue weighted by Crippen LogP contribution is 2.14. The third-order valence-corrected chi connectivity index (χ3v) is 10.2. The number of amides is 8. The van der Waals surface area contributed by atoms with Gasteiger partial charge in [0.1, 0.15) is 42.0 Å². The van der Waals surface area contributed by atoms with E-state index < -0.39 is 109 Å². The number of carbonyl (C=O) groups excluding carboxylic acids is 8. The van der Waals surface area contributed by atoms with Crippen molar-refractivity contribution >= 4 is 53.2 Å². The zero-order valence-electron chi connectivity index (χ0n) is 38.3. The summed E-state index contributed by atoms with van der Waals surface area (Å²) in [7, 11) is 0. The number of benzene rings is 2.